The summed E-state index contributed by atoms with van der Waals surface area (Å²) in [5.74, 6) is 2.32. The van der Waals surface area contributed by atoms with Gasteiger partial charge in [0.15, 0.2) is 5.96 Å². The van der Waals surface area contributed by atoms with E-state index in [1.54, 1.807) is 0 Å². The molecule has 1 saturated heterocycles. The first-order valence-corrected chi connectivity index (χ1v) is 10.4. The summed E-state index contributed by atoms with van der Waals surface area (Å²) in [5, 5.41) is 6.56. The summed E-state index contributed by atoms with van der Waals surface area (Å²) in [6.45, 7) is 11.4. The molecule has 6 nitrogen and oxygen atoms in total. The van der Waals surface area contributed by atoms with Gasteiger partial charge < -0.3 is 15.1 Å². The van der Waals surface area contributed by atoms with E-state index in [1.807, 2.05) is 13.8 Å². The molecule has 0 saturated carbocycles. The number of nitrogens with one attached hydrogen (secondary N) is 2. The monoisotopic (exact) mass is 511 g/mol. The summed E-state index contributed by atoms with van der Waals surface area (Å²) < 4.78 is 5.62. The van der Waals surface area contributed by atoms with Crippen LogP contribution in [0.25, 0.3) is 0 Å². The lowest BCUT2D eigenvalue weighted by Crippen LogP contribution is -2.36. The number of nitrogens with zero attached hydrogens (tertiary/aromatic N) is 3. The van der Waals surface area contributed by atoms with E-state index in [4.69, 9.17) is 4.42 Å². The number of aliphatic imine (C=N–C) groups is 1. The van der Waals surface area contributed by atoms with Crippen LogP contribution in [-0.2, 0) is 19.6 Å². The fraction of sp³-hybridized carbons (Fsp3) is 0.545. The number of benzene rings is 1. The van der Waals surface area contributed by atoms with Gasteiger partial charge in [-0.3, -0.25) is 4.90 Å². The molecule has 1 fully saturated rings. The van der Waals surface area contributed by atoms with Crippen LogP contribution in [-0.4, -0.2) is 35.5 Å². The van der Waals surface area contributed by atoms with E-state index < -0.39 is 0 Å². The predicted octanol–water partition coefficient (Wildman–Crippen LogP) is 4.15. The lowest BCUT2D eigenvalue weighted by Gasteiger charge is -2.26. The Morgan fingerprint density at radius 1 is 1.07 bits per heavy atom. The van der Waals surface area contributed by atoms with E-state index >= 15 is 0 Å². The molecule has 1 aliphatic heterocycles. The first kappa shape index (κ1) is 23.7. The molecule has 0 amide bonds. The van der Waals surface area contributed by atoms with Gasteiger partial charge in [-0.05, 0) is 57.8 Å². The number of guanidine groups is 1. The van der Waals surface area contributed by atoms with Gasteiger partial charge in [-0.1, -0.05) is 30.7 Å². The van der Waals surface area contributed by atoms with Gasteiger partial charge in [0.2, 0.25) is 5.89 Å². The lowest BCUT2D eigenvalue weighted by molar-refractivity contribution is 0.221. The second-order valence-electron chi connectivity index (χ2n) is 7.45. The lowest BCUT2D eigenvalue weighted by atomic mass is 10.1. The van der Waals surface area contributed by atoms with E-state index in [0.717, 1.165) is 30.5 Å². The molecule has 2 N–H and O–H groups in total. The Bertz CT molecular complexity index is 747. The van der Waals surface area contributed by atoms with Crippen LogP contribution in [0.2, 0.25) is 0 Å². The third-order valence-corrected chi connectivity index (χ3v) is 5.12. The fourth-order valence-corrected chi connectivity index (χ4v) is 3.41. The highest BCUT2D eigenvalue weighted by Gasteiger charge is 2.10. The number of rotatable bonds is 7. The number of oxazole rings is 1. The Morgan fingerprint density at radius 3 is 2.38 bits per heavy atom. The average molecular weight is 511 g/mol. The van der Waals surface area contributed by atoms with E-state index in [1.165, 1.54) is 43.5 Å². The molecule has 0 aliphatic carbocycles. The number of hydrogen-bond donors (Lipinski definition) is 2. The second-order valence-corrected chi connectivity index (χ2v) is 7.45. The maximum atomic E-state index is 5.62. The molecule has 1 aromatic heterocycles. The zero-order chi connectivity index (χ0) is 19.8. The quantitative estimate of drug-likeness (QED) is 0.332. The summed E-state index contributed by atoms with van der Waals surface area (Å²) in [4.78, 5) is 11.6. The summed E-state index contributed by atoms with van der Waals surface area (Å²) in [6, 6.07) is 8.84. The molecule has 2 aromatic rings. The molecule has 3 rings (SSSR count). The third kappa shape index (κ3) is 7.62. The molecule has 160 valence electrons. The Hall–Kier alpha value is -1.61. The second kappa shape index (κ2) is 12.2. The molecule has 7 heteroatoms. The smallest absolute Gasteiger partial charge is 0.214 e. The first-order valence-electron chi connectivity index (χ1n) is 10.4. The topological polar surface area (TPSA) is 65.7 Å². The molecule has 0 unspecified atom stereocenters. The molecule has 1 aliphatic rings. The minimum atomic E-state index is 0. The van der Waals surface area contributed by atoms with E-state index in [2.05, 4.69) is 56.7 Å². The zero-order valence-electron chi connectivity index (χ0n) is 17.8. The van der Waals surface area contributed by atoms with Crippen molar-refractivity contribution in [1.29, 1.82) is 0 Å². The van der Waals surface area contributed by atoms with Crippen LogP contribution in [0, 0.1) is 13.8 Å². The largest absolute Gasteiger partial charge is 0.444 e. The van der Waals surface area contributed by atoms with Crippen molar-refractivity contribution >= 4 is 29.9 Å². The van der Waals surface area contributed by atoms with Gasteiger partial charge in [0, 0.05) is 13.1 Å². The maximum absolute atomic E-state index is 5.62. The van der Waals surface area contributed by atoms with Crippen LogP contribution in [0.4, 0.5) is 0 Å². The van der Waals surface area contributed by atoms with Crippen LogP contribution in [0.1, 0.15) is 54.7 Å². The minimum absolute atomic E-state index is 0. The molecule has 1 aromatic carbocycles. The van der Waals surface area contributed by atoms with Crippen LogP contribution >= 0.6 is 24.0 Å². The van der Waals surface area contributed by atoms with Crippen molar-refractivity contribution in [3.63, 3.8) is 0 Å². The van der Waals surface area contributed by atoms with E-state index in [-0.39, 0.29) is 24.0 Å². The number of aromatic nitrogens is 1. The average Bonchev–Trinajstić information content (AvgIpc) is 3.03. The molecular formula is C22H34IN5O. The zero-order valence-corrected chi connectivity index (χ0v) is 20.2. The van der Waals surface area contributed by atoms with Gasteiger partial charge in [-0.2, -0.15) is 0 Å². The van der Waals surface area contributed by atoms with Crippen molar-refractivity contribution in [3.8, 4) is 0 Å². The number of likely N-dealkylation sites (tertiary alicyclic amines) is 1. The summed E-state index contributed by atoms with van der Waals surface area (Å²) in [7, 11) is 0. The van der Waals surface area contributed by atoms with Crippen LogP contribution in [0.5, 0.6) is 0 Å². The van der Waals surface area contributed by atoms with Gasteiger partial charge in [0.1, 0.15) is 5.76 Å². The molecule has 0 radical (unpaired) electrons. The SMILES string of the molecule is CCNC(=NCc1ccc(CN2CCCCC2)cc1)NCc1nc(C)c(C)o1.I. The number of hydrogen-bond acceptors (Lipinski definition) is 4. The van der Waals surface area contributed by atoms with E-state index in [0.29, 0.717) is 19.0 Å². The standard InChI is InChI=1S/C22H33N5O.HI/c1-4-23-22(25-15-21-26-17(2)18(3)28-21)24-14-19-8-10-20(11-9-19)16-27-12-6-5-7-13-27;/h8-11H,4-7,12-16H2,1-3H3,(H2,23,24,25);1H. The Kier molecular flexibility index (Phi) is 9.93. The molecule has 0 spiro atoms. The highest BCUT2D eigenvalue weighted by Crippen LogP contribution is 2.14. The van der Waals surface area contributed by atoms with Gasteiger partial charge in [-0.15, -0.1) is 24.0 Å². The van der Waals surface area contributed by atoms with Gasteiger partial charge >= 0.3 is 0 Å². The summed E-state index contributed by atoms with van der Waals surface area (Å²) in [5.41, 5.74) is 3.53. The van der Waals surface area contributed by atoms with Crippen LogP contribution < -0.4 is 10.6 Å². The van der Waals surface area contributed by atoms with Gasteiger partial charge in [-0.25, -0.2) is 9.98 Å². The van der Waals surface area contributed by atoms with Crippen molar-refractivity contribution in [1.82, 2.24) is 20.5 Å². The van der Waals surface area contributed by atoms with Crippen LogP contribution in [0.15, 0.2) is 33.7 Å². The molecule has 2 heterocycles. The van der Waals surface area contributed by atoms with Crippen molar-refractivity contribution in [3.05, 3.63) is 52.7 Å². The van der Waals surface area contributed by atoms with Crippen molar-refractivity contribution < 1.29 is 4.42 Å². The van der Waals surface area contributed by atoms with Gasteiger partial charge in [0.25, 0.3) is 0 Å². The predicted molar refractivity (Wildman–Crippen MR) is 129 cm³/mol. The van der Waals surface area contributed by atoms with Crippen LogP contribution in [0.3, 0.4) is 0 Å². The number of piperidine rings is 1. The minimum Gasteiger partial charge on any atom is -0.444 e. The molecule has 29 heavy (non-hydrogen) atoms. The first-order chi connectivity index (χ1) is 13.6. The van der Waals surface area contributed by atoms with Crippen molar-refractivity contribution in [2.24, 2.45) is 4.99 Å². The normalized spacial score (nSPS) is 15.1. The van der Waals surface area contributed by atoms with Gasteiger partial charge in [0.05, 0.1) is 18.8 Å². The maximum Gasteiger partial charge on any atom is 0.214 e. The van der Waals surface area contributed by atoms with Crippen molar-refractivity contribution in [2.75, 3.05) is 19.6 Å². The Morgan fingerprint density at radius 2 is 1.76 bits per heavy atom. The molecule has 0 atom stereocenters. The summed E-state index contributed by atoms with van der Waals surface area (Å²) in [6.07, 6.45) is 4.05. The fourth-order valence-electron chi connectivity index (χ4n) is 3.41. The molecule has 0 bridgehead atoms. The third-order valence-electron chi connectivity index (χ3n) is 5.12. The Balaban J connectivity index is 0.00000300. The Labute approximate surface area is 191 Å². The summed E-state index contributed by atoms with van der Waals surface area (Å²) >= 11 is 0. The van der Waals surface area contributed by atoms with Crippen molar-refractivity contribution in [2.45, 2.75) is 59.7 Å². The highest BCUT2D eigenvalue weighted by atomic mass is 127. The number of halogens is 1. The molecular weight excluding hydrogens is 477 g/mol. The number of aryl methyl sites for hydroxylation is 2. The van der Waals surface area contributed by atoms with E-state index in [9.17, 15) is 0 Å². The highest BCUT2D eigenvalue weighted by molar-refractivity contribution is 14.0.